The van der Waals surface area contributed by atoms with Gasteiger partial charge < -0.3 is 4.57 Å². The summed E-state index contributed by atoms with van der Waals surface area (Å²) in [7, 11) is 0. The minimum absolute atomic E-state index is 0.0967. The predicted molar refractivity (Wildman–Crippen MR) is 113 cm³/mol. The third-order valence-electron chi connectivity index (χ3n) is 5.78. The van der Waals surface area contributed by atoms with Gasteiger partial charge in [0.25, 0.3) is 0 Å². The Bertz CT molecular complexity index is 1020. The number of rotatable bonds is 4. The van der Waals surface area contributed by atoms with Gasteiger partial charge in [0, 0.05) is 33.3 Å². The molecule has 1 aromatic heterocycles. The lowest BCUT2D eigenvalue weighted by atomic mass is 9.76. The molecular formula is C25H25N. The normalized spacial score (nSPS) is 15.5. The number of hydrogen-bond acceptors (Lipinski definition) is 0. The zero-order valence-corrected chi connectivity index (χ0v) is 15.7. The molecule has 2 unspecified atom stereocenters. The average Bonchev–Trinajstić information content (AvgIpc) is 3.02. The summed E-state index contributed by atoms with van der Waals surface area (Å²) < 4.78 is 2.51. The van der Waals surface area contributed by atoms with E-state index >= 15 is 0 Å². The highest BCUT2D eigenvalue weighted by Crippen LogP contribution is 2.41. The molecule has 4 aromatic rings. The molecule has 130 valence electrons. The average molecular weight is 339 g/mol. The van der Waals surface area contributed by atoms with Crippen molar-refractivity contribution in [1.29, 1.82) is 0 Å². The highest BCUT2D eigenvalue weighted by Gasteiger charge is 2.33. The second-order valence-electron chi connectivity index (χ2n) is 7.23. The fraction of sp³-hybridized carbons (Fsp3) is 0.200. The Labute approximate surface area is 155 Å². The molecule has 1 heterocycles. The first kappa shape index (κ1) is 16.7. The van der Waals surface area contributed by atoms with Gasteiger partial charge >= 0.3 is 0 Å². The first-order chi connectivity index (χ1) is 12.7. The van der Waals surface area contributed by atoms with Crippen LogP contribution in [0.4, 0.5) is 0 Å². The highest BCUT2D eigenvalue weighted by atomic mass is 15.0. The maximum atomic E-state index is 2.51. The van der Waals surface area contributed by atoms with E-state index in [9.17, 15) is 0 Å². The van der Waals surface area contributed by atoms with E-state index in [1.807, 2.05) is 0 Å². The van der Waals surface area contributed by atoms with Crippen molar-refractivity contribution in [3.05, 3.63) is 96.6 Å². The first-order valence-corrected chi connectivity index (χ1v) is 9.34. The molecule has 0 aliphatic heterocycles. The van der Waals surface area contributed by atoms with Crippen LogP contribution >= 0.6 is 0 Å². The summed E-state index contributed by atoms with van der Waals surface area (Å²) in [6.45, 7) is 6.79. The quantitative estimate of drug-likeness (QED) is 0.357. The predicted octanol–water partition coefficient (Wildman–Crippen LogP) is 6.89. The third-order valence-corrected chi connectivity index (χ3v) is 5.78. The van der Waals surface area contributed by atoms with Gasteiger partial charge in [0.15, 0.2) is 0 Å². The van der Waals surface area contributed by atoms with Crippen molar-refractivity contribution < 1.29 is 0 Å². The van der Waals surface area contributed by atoms with E-state index in [0.717, 1.165) is 0 Å². The molecular weight excluding hydrogens is 314 g/mol. The molecule has 1 heteroatoms. The molecule has 0 bridgehead atoms. The maximum absolute atomic E-state index is 2.51. The van der Waals surface area contributed by atoms with E-state index in [-0.39, 0.29) is 11.5 Å². The van der Waals surface area contributed by atoms with Crippen LogP contribution in [0.1, 0.15) is 32.4 Å². The van der Waals surface area contributed by atoms with E-state index in [0.29, 0.717) is 0 Å². The number of benzene rings is 3. The molecule has 0 spiro atoms. The maximum Gasteiger partial charge on any atom is 0.0494 e. The van der Waals surface area contributed by atoms with Gasteiger partial charge in [0.05, 0.1) is 0 Å². The van der Waals surface area contributed by atoms with E-state index < -0.39 is 0 Å². The van der Waals surface area contributed by atoms with Gasteiger partial charge in [-0.2, -0.15) is 0 Å². The molecule has 0 fully saturated rings. The second kappa shape index (κ2) is 6.49. The van der Waals surface area contributed by atoms with Crippen LogP contribution in [0.2, 0.25) is 0 Å². The molecule has 0 amide bonds. The Morgan fingerprint density at radius 2 is 1.27 bits per heavy atom. The summed E-state index contributed by atoms with van der Waals surface area (Å²) in [6.07, 6.45) is 4.52. The summed E-state index contributed by atoms with van der Waals surface area (Å²) in [5, 5.41) is 2.65. The van der Waals surface area contributed by atoms with Crippen LogP contribution in [-0.2, 0) is 5.41 Å². The van der Waals surface area contributed by atoms with Gasteiger partial charge in [-0.15, -0.1) is 0 Å². The first-order valence-electron chi connectivity index (χ1n) is 9.34. The summed E-state index contributed by atoms with van der Waals surface area (Å²) in [4.78, 5) is 0. The molecule has 0 saturated carbocycles. The van der Waals surface area contributed by atoms with Gasteiger partial charge in [-0.25, -0.2) is 0 Å². The van der Waals surface area contributed by atoms with Crippen LogP contribution in [0.5, 0.6) is 0 Å². The van der Waals surface area contributed by atoms with Gasteiger partial charge in [-0.3, -0.25) is 0 Å². The summed E-state index contributed by atoms with van der Waals surface area (Å²) in [6, 6.07) is 28.6. The number of aromatic nitrogens is 1. The molecule has 4 rings (SSSR count). The molecule has 0 aliphatic carbocycles. The minimum Gasteiger partial charge on any atom is -0.336 e. The van der Waals surface area contributed by atoms with Crippen molar-refractivity contribution in [2.75, 3.05) is 0 Å². The molecule has 26 heavy (non-hydrogen) atoms. The van der Waals surface area contributed by atoms with Crippen molar-refractivity contribution in [2.24, 2.45) is 0 Å². The van der Waals surface area contributed by atoms with E-state index in [1.165, 1.54) is 27.4 Å². The number of para-hydroxylation sites is 2. The Morgan fingerprint density at radius 1 is 0.769 bits per heavy atom. The number of fused-ring (bicyclic) bond motifs is 3. The Hall–Kier alpha value is -2.80. The topological polar surface area (TPSA) is 4.93 Å². The highest BCUT2D eigenvalue weighted by molar-refractivity contribution is 6.08. The van der Waals surface area contributed by atoms with Crippen LogP contribution in [0.25, 0.3) is 21.8 Å². The molecule has 0 aliphatic rings. The number of hydrogen-bond donors (Lipinski definition) is 0. The largest absolute Gasteiger partial charge is 0.336 e. The second-order valence-corrected chi connectivity index (χ2v) is 7.23. The van der Waals surface area contributed by atoms with Gasteiger partial charge in [0.2, 0.25) is 0 Å². The smallest absolute Gasteiger partial charge is 0.0494 e. The Kier molecular flexibility index (Phi) is 4.16. The van der Waals surface area contributed by atoms with Crippen molar-refractivity contribution in [1.82, 2.24) is 4.57 Å². The van der Waals surface area contributed by atoms with Crippen molar-refractivity contribution in [3.63, 3.8) is 0 Å². The van der Waals surface area contributed by atoms with E-state index in [1.54, 1.807) is 0 Å². The van der Waals surface area contributed by atoms with Crippen LogP contribution in [0.3, 0.4) is 0 Å². The van der Waals surface area contributed by atoms with Crippen molar-refractivity contribution >= 4 is 21.8 Å². The van der Waals surface area contributed by atoms with Crippen LogP contribution in [0.15, 0.2) is 91.0 Å². The molecule has 3 aromatic carbocycles. The Morgan fingerprint density at radius 3 is 1.81 bits per heavy atom. The lowest BCUT2D eigenvalue weighted by molar-refractivity contribution is 0.395. The van der Waals surface area contributed by atoms with Crippen LogP contribution in [-0.4, -0.2) is 4.57 Å². The van der Waals surface area contributed by atoms with Gasteiger partial charge in [-0.05, 0) is 31.5 Å². The van der Waals surface area contributed by atoms with E-state index in [2.05, 4.69) is 116 Å². The minimum atomic E-state index is -0.0967. The third kappa shape index (κ3) is 2.47. The number of nitrogens with zero attached hydrogens (tertiary/aromatic N) is 1. The van der Waals surface area contributed by atoms with Gasteiger partial charge in [0.1, 0.15) is 0 Å². The fourth-order valence-electron chi connectivity index (χ4n) is 4.26. The van der Waals surface area contributed by atoms with E-state index in [4.69, 9.17) is 0 Å². The van der Waals surface area contributed by atoms with Crippen molar-refractivity contribution in [2.45, 2.75) is 32.2 Å². The van der Waals surface area contributed by atoms with Crippen LogP contribution in [0, 0.1) is 0 Å². The zero-order valence-electron chi connectivity index (χ0n) is 15.7. The molecule has 0 radical (unpaired) electrons. The zero-order chi connectivity index (χ0) is 18.1. The van der Waals surface area contributed by atoms with Crippen molar-refractivity contribution in [3.8, 4) is 0 Å². The SMILES string of the molecule is C/C=C\C(C)(c1ccccc1)C(C)n1c2ccccc2c2ccccc21. The lowest BCUT2D eigenvalue weighted by Crippen LogP contribution is -2.30. The summed E-state index contributed by atoms with van der Waals surface area (Å²) >= 11 is 0. The van der Waals surface area contributed by atoms with Crippen LogP contribution < -0.4 is 0 Å². The standard InChI is InChI=1S/C25H25N/c1-4-18-25(3,20-12-6-5-7-13-20)19(2)26-23-16-10-8-14-21(23)22-15-9-11-17-24(22)26/h4-19H,1-3H3/b18-4-. The van der Waals surface area contributed by atoms with Gasteiger partial charge in [-0.1, -0.05) is 85.8 Å². The summed E-state index contributed by atoms with van der Waals surface area (Å²) in [5.41, 5.74) is 3.84. The Balaban J connectivity index is 2.01. The number of allylic oxidation sites excluding steroid dienone is 2. The molecule has 2 atom stereocenters. The molecule has 0 saturated heterocycles. The molecule has 1 nitrogen and oxygen atoms in total. The lowest BCUT2D eigenvalue weighted by Gasteiger charge is -2.35. The molecule has 0 N–H and O–H groups in total. The summed E-state index contributed by atoms with van der Waals surface area (Å²) in [5.74, 6) is 0. The fourth-order valence-corrected chi connectivity index (χ4v) is 4.26. The monoisotopic (exact) mass is 339 g/mol.